The van der Waals surface area contributed by atoms with E-state index in [0.717, 1.165) is 37.2 Å². The standard InChI is InChI=1S/C22H27N3O2/c1-15-13-16(11-12-24(15)2)14-21(26)25-19-9-5-3-7-17(19)22(27)23-18-8-4-6-10-20(18)25/h4-6,8-10,15-16H,3,7,11-14H2,1-2H3,(H,23,27). The zero-order valence-electron chi connectivity index (χ0n) is 16.1. The van der Waals surface area contributed by atoms with Crippen molar-refractivity contribution in [3.05, 3.63) is 47.7 Å². The number of hydrogen-bond donors (Lipinski definition) is 1. The van der Waals surface area contributed by atoms with Crippen molar-refractivity contribution in [3.8, 4) is 0 Å². The van der Waals surface area contributed by atoms with Crippen LogP contribution in [0.2, 0.25) is 0 Å². The van der Waals surface area contributed by atoms with Crippen LogP contribution in [0.15, 0.2) is 47.7 Å². The molecule has 1 fully saturated rings. The molecule has 1 saturated heterocycles. The Kier molecular flexibility index (Phi) is 4.87. The number of fused-ring (bicyclic) bond motifs is 1. The van der Waals surface area contributed by atoms with E-state index < -0.39 is 0 Å². The lowest BCUT2D eigenvalue weighted by Gasteiger charge is -2.36. The number of rotatable bonds is 2. The van der Waals surface area contributed by atoms with Gasteiger partial charge in [0.25, 0.3) is 5.91 Å². The van der Waals surface area contributed by atoms with E-state index in [4.69, 9.17) is 0 Å². The van der Waals surface area contributed by atoms with E-state index in [9.17, 15) is 9.59 Å². The van der Waals surface area contributed by atoms with Crippen molar-refractivity contribution in [3.63, 3.8) is 0 Å². The Morgan fingerprint density at radius 3 is 2.93 bits per heavy atom. The van der Waals surface area contributed by atoms with Crippen molar-refractivity contribution in [2.45, 2.75) is 45.1 Å². The first-order valence-electron chi connectivity index (χ1n) is 9.88. The molecule has 0 bridgehead atoms. The summed E-state index contributed by atoms with van der Waals surface area (Å²) in [5.74, 6) is 0.379. The topological polar surface area (TPSA) is 52.7 Å². The Hall–Kier alpha value is -2.40. The van der Waals surface area contributed by atoms with E-state index in [2.05, 4.69) is 30.3 Å². The molecule has 27 heavy (non-hydrogen) atoms. The number of amides is 2. The summed E-state index contributed by atoms with van der Waals surface area (Å²) in [5.41, 5.74) is 2.93. The second-order valence-electron chi connectivity index (χ2n) is 7.93. The van der Waals surface area contributed by atoms with Gasteiger partial charge in [-0.05, 0) is 70.3 Å². The molecule has 2 amide bonds. The number of carbonyl (C=O) groups excluding carboxylic acids is 2. The van der Waals surface area contributed by atoms with Gasteiger partial charge in [-0.15, -0.1) is 0 Å². The Bertz CT molecular complexity index is 827. The number of likely N-dealkylation sites (tertiary alicyclic amines) is 1. The third-order valence-corrected chi connectivity index (χ3v) is 6.08. The molecule has 1 aliphatic carbocycles. The molecule has 142 valence electrons. The quantitative estimate of drug-likeness (QED) is 0.869. The van der Waals surface area contributed by atoms with Gasteiger partial charge in [0.2, 0.25) is 5.91 Å². The summed E-state index contributed by atoms with van der Waals surface area (Å²) < 4.78 is 0. The van der Waals surface area contributed by atoms with Gasteiger partial charge in [0.05, 0.1) is 17.1 Å². The van der Waals surface area contributed by atoms with E-state index in [1.165, 1.54) is 0 Å². The molecule has 1 aromatic carbocycles. The summed E-state index contributed by atoms with van der Waals surface area (Å²) in [7, 11) is 2.15. The summed E-state index contributed by atoms with van der Waals surface area (Å²) in [5, 5.41) is 2.99. The van der Waals surface area contributed by atoms with Gasteiger partial charge >= 0.3 is 0 Å². The predicted molar refractivity (Wildman–Crippen MR) is 107 cm³/mol. The van der Waals surface area contributed by atoms with Gasteiger partial charge in [-0.25, -0.2) is 0 Å². The van der Waals surface area contributed by atoms with E-state index in [1.54, 1.807) is 4.90 Å². The van der Waals surface area contributed by atoms with Crippen LogP contribution in [0, 0.1) is 5.92 Å². The average Bonchev–Trinajstić information content (AvgIpc) is 2.79. The van der Waals surface area contributed by atoms with Gasteiger partial charge in [0.1, 0.15) is 0 Å². The fraction of sp³-hybridized carbons (Fsp3) is 0.455. The largest absolute Gasteiger partial charge is 0.320 e. The van der Waals surface area contributed by atoms with Crippen LogP contribution in [0.4, 0.5) is 11.4 Å². The highest BCUT2D eigenvalue weighted by molar-refractivity contribution is 6.13. The molecule has 2 atom stereocenters. The zero-order valence-corrected chi connectivity index (χ0v) is 16.1. The smallest absolute Gasteiger partial charge is 0.253 e. The highest BCUT2D eigenvalue weighted by Gasteiger charge is 2.33. The van der Waals surface area contributed by atoms with E-state index in [1.807, 2.05) is 30.3 Å². The van der Waals surface area contributed by atoms with Crippen molar-refractivity contribution in [1.82, 2.24) is 4.90 Å². The number of benzene rings is 1. The Balaban J connectivity index is 1.67. The van der Waals surface area contributed by atoms with Gasteiger partial charge in [0.15, 0.2) is 0 Å². The second kappa shape index (κ2) is 7.31. The number of carbonyl (C=O) groups is 2. The molecule has 5 heteroatoms. The van der Waals surface area contributed by atoms with Crippen molar-refractivity contribution in [2.24, 2.45) is 5.92 Å². The number of allylic oxidation sites excluding steroid dienone is 2. The first kappa shape index (κ1) is 18.0. The molecule has 3 aliphatic rings. The lowest BCUT2D eigenvalue weighted by atomic mass is 9.88. The minimum Gasteiger partial charge on any atom is -0.320 e. The van der Waals surface area contributed by atoms with Gasteiger partial charge in [-0.2, -0.15) is 0 Å². The summed E-state index contributed by atoms with van der Waals surface area (Å²) in [6, 6.07) is 8.10. The number of hydrogen-bond acceptors (Lipinski definition) is 3. The maximum Gasteiger partial charge on any atom is 0.253 e. The van der Waals surface area contributed by atoms with Crippen LogP contribution in [0.3, 0.4) is 0 Å². The van der Waals surface area contributed by atoms with Crippen molar-refractivity contribution in [1.29, 1.82) is 0 Å². The normalized spacial score (nSPS) is 25.6. The molecule has 2 aliphatic heterocycles. The molecule has 1 N–H and O–H groups in total. The first-order chi connectivity index (χ1) is 13.0. The van der Waals surface area contributed by atoms with E-state index in [0.29, 0.717) is 36.1 Å². The van der Waals surface area contributed by atoms with Crippen LogP contribution in [-0.2, 0) is 9.59 Å². The highest BCUT2D eigenvalue weighted by atomic mass is 16.2. The molecule has 2 heterocycles. The number of para-hydroxylation sites is 2. The van der Waals surface area contributed by atoms with E-state index >= 15 is 0 Å². The minimum absolute atomic E-state index is 0.0831. The monoisotopic (exact) mass is 365 g/mol. The molecule has 0 radical (unpaired) electrons. The fourth-order valence-electron chi connectivity index (χ4n) is 4.37. The molecule has 0 spiro atoms. The molecule has 0 aromatic heterocycles. The van der Waals surface area contributed by atoms with Crippen molar-refractivity contribution < 1.29 is 9.59 Å². The molecular weight excluding hydrogens is 338 g/mol. The molecular formula is C22H27N3O2. The molecule has 2 unspecified atom stereocenters. The summed E-state index contributed by atoms with van der Waals surface area (Å²) in [4.78, 5) is 30.3. The number of nitrogens with zero attached hydrogens (tertiary/aromatic N) is 2. The number of nitrogens with one attached hydrogen (secondary N) is 1. The number of piperidine rings is 1. The first-order valence-corrected chi connectivity index (χ1v) is 9.88. The zero-order chi connectivity index (χ0) is 19.0. The van der Waals surface area contributed by atoms with Gasteiger partial charge in [0, 0.05) is 18.0 Å². The molecule has 0 saturated carbocycles. The van der Waals surface area contributed by atoms with Crippen LogP contribution in [0.25, 0.3) is 0 Å². The third kappa shape index (κ3) is 3.44. The minimum atomic E-state index is -0.0926. The van der Waals surface area contributed by atoms with Gasteiger partial charge in [-0.1, -0.05) is 18.2 Å². The Labute approximate surface area is 160 Å². The lowest BCUT2D eigenvalue weighted by molar-refractivity contribution is -0.119. The third-order valence-electron chi connectivity index (χ3n) is 6.08. The van der Waals surface area contributed by atoms with Gasteiger partial charge < -0.3 is 10.2 Å². The predicted octanol–water partition coefficient (Wildman–Crippen LogP) is 3.70. The van der Waals surface area contributed by atoms with Crippen molar-refractivity contribution >= 4 is 23.2 Å². The second-order valence-corrected chi connectivity index (χ2v) is 7.93. The highest BCUT2D eigenvalue weighted by Crippen LogP contribution is 2.37. The Morgan fingerprint density at radius 1 is 1.30 bits per heavy atom. The maximum atomic E-state index is 13.4. The van der Waals surface area contributed by atoms with Crippen LogP contribution >= 0.6 is 0 Å². The molecule has 4 rings (SSSR count). The lowest BCUT2D eigenvalue weighted by Crippen LogP contribution is -2.40. The molecule has 5 nitrogen and oxygen atoms in total. The molecule has 1 aromatic rings. The fourth-order valence-corrected chi connectivity index (χ4v) is 4.37. The van der Waals surface area contributed by atoms with Crippen LogP contribution in [0.1, 0.15) is 39.0 Å². The number of anilines is 2. The SMILES string of the molecule is CC1CC(CC(=O)N2C3=C(CCC=C3)C(=O)Nc3ccccc32)CCN1C. The van der Waals surface area contributed by atoms with Crippen LogP contribution in [-0.4, -0.2) is 36.3 Å². The van der Waals surface area contributed by atoms with Gasteiger partial charge in [-0.3, -0.25) is 14.5 Å². The summed E-state index contributed by atoms with van der Waals surface area (Å²) >= 11 is 0. The van der Waals surface area contributed by atoms with Crippen LogP contribution in [0.5, 0.6) is 0 Å². The van der Waals surface area contributed by atoms with Crippen LogP contribution < -0.4 is 10.2 Å². The van der Waals surface area contributed by atoms with E-state index in [-0.39, 0.29) is 11.8 Å². The Morgan fingerprint density at radius 2 is 2.11 bits per heavy atom. The summed E-state index contributed by atoms with van der Waals surface area (Å²) in [6.45, 7) is 3.26. The summed E-state index contributed by atoms with van der Waals surface area (Å²) in [6.07, 6.45) is 8.09. The average molecular weight is 365 g/mol. The maximum absolute atomic E-state index is 13.4. The van der Waals surface area contributed by atoms with Crippen molar-refractivity contribution in [2.75, 3.05) is 23.8 Å².